The third kappa shape index (κ3) is 5.61. The zero-order chi connectivity index (χ0) is 27.6. The number of fused-ring (bicyclic) bond motifs is 1. The lowest BCUT2D eigenvalue weighted by atomic mass is 9.96. The van der Waals surface area contributed by atoms with Gasteiger partial charge in [-0.25, -0.2) is 19.3 Å². The van der Waals surface area contributed by atoms with Crippen LogP contribution in [0.25, 0.3) is 11.0 Å². The van der Waals surface area contributed by atoms with Crippen molar-refractivity contribution in [3.8, 4) is 11.9 Å². The lowest BCUT2D eigenvalue weighted by Gasteiger charge is -2.32. The van der Waals surface area contributed by atoms with Gasteiger partial charge in [-0.2, -0.15) is 14.6 Å². The Balaban J connectivity index is 1.12. The maximum atomic E-state index is 14.4. The number of ether oxygens (including phenoxy) is 2. The average Bonchev–Trinajstić information content (AvgIpc) is 3.27. The standard InChI is InChI=1S/C28H26ClF2N7O2/c29-19-2-1-18(22(30)9-19)16-40-28-23(31)12-34-27(36-28)17-3-6-37(7-4-17)15-26-35-24-10-20(11-32)33-13-25(24)38(26)14-21-5-8-39-21/h1-2,9-10,12-13,17,21H,3-8,14-16H2. The molecule has 4 aromatic rings. The van der Waals surface area contributed by atoms with Crippen molar-refractivity contribution in [2.24, 2.45) is 0 Å². The van der Waals surface area contributed by atoms with Gasteiger partial charge in [-0.1, -0.05) is 17.7 Å². The number of piperidine rings is 1. The Morgan fingerprint density at radius 1 is 1.07 bits per heavy atom. The number of aromatic nitrogens is 5. The lowest BCUT2D eigenvalue weighted by molar-refractivity contribution is -0.0592. The van der Waals surface area contributed by atoms with Gasteiger partial charge in [-0.3, -0.25) is 4.90 Å². The summed E-state index contributed by atoms with van der Waals surface area (Å²) < 4.78 is 41.8. The second-order valence-electron chi connectivity index (χ2n) is 10.0. The monoisotopic (exact) mass is 565 g/mol. The first kappa shape index (κ1) is 26.5. The van der Waals surface area contributed by atoms with Gasteiger partial charge in [-0.05, 0) is 44.5 Å². The number of nitrogens with zero attached hydrogens (tertiary/aromatic N) is 7. The summed E-state index contributed by atoms with van der Waals surface area (Å²) in [6, 6.07) is 8.04. The van der Waals surface area contributed by atoms with Crippen LogP contribution in [0, 0.1) is 23.0 Å². The normalized spacial score (nSPS) is 18.0. The highest BCUT2D eigenvalue weighted by atomic mass is 35.5. The average molecular weight is 566 g/mol. The van der Waals surface area contributed by atoms with E-state index in [-0.39, 0.29) is 35.1 Å². The maximum Gasteiger partial charge on any atom is 0.254 e. The molecule has 2 aliphatic heterocycles. The van der Waals surface area contributed by atoms with Crippen molar-refractivity contribution in [2.75, 3.05) is 19.7 Å². The van der Waals surface area contributed by atoms with Gasteiger partial charge >= 0.3 is 0 Å². The molecule has 0 aliphatic carbocycles. The summed E-state index contributed by atoms with van der Waals surface area (Å²) >= 11 is 5.80. The van der Waals surface area contributed by atoms with E-state index < -0.39 is 11.6 Å². The van der Waals surface area contributed by atoms with E-state index in [4.69, 9.17) is 26.1 Å². The first-order chi connectivity index (χ1) is 19.5. The fraction of sp³-hybridized carbons (Fsp3) is 0.393. The van der Waals surface area contributed by atoms with Crippen molar-refractivity contribution in [3.63, 3.8) is 0 Å². The molecule has 40 heavy (non-hydrogen) atoms. The number of imidazole rings is 1. The lowest BCUT2D eigenvalue weighted by Crippen LogP contribution is -2.35. The molecule has 1 aromatic carbocycles. The maximum absolute atomic E-state index is 14.4. The van der Waals surface area contributed by atoms with Crippen LogP contribution in [0.15, 0.2) is 36.7 Å². The summed E-state index contributed by atoms with van der Waals surface area (Å²) in [5.41, 5.74) is 2.24. The first-order valence-corrected chi connectivity index (χ1v) is 13.5. The van der Waals surface area contributed by atoms with Gasteiger partial charge in [0, 0.05) is 29.2 Å². The Bertz CT molecular complexity index is 1580. The number of rotatable bonds is 8. The topological polar surface area (TPSA) is 102 Å². The molecule has 0 spiro atoms. The number of pyridine rings is 1. The van der Waals surface area contributed by atoms with Crippen LogP contribution in [0.5, 0.6) is 5.88 Å². The highest BCUT2D eigenvalue weighted by Crippen LogP contribution is 2.29. The van der Waals surface area contributed by atoms with Gasteiger partial charge in [0.15, 0.2) is 0 Å². The molecule has 2 fully saturated rings. The van der Waals surface area contributed by atoms with E-state index >= 15 is 0 Å². The second-order valence-corrected chi connectivity index (χ2v) is 10.5. The van der Waals surface area contributed by atoms with Crippen molar-refractivity contribution >= 4 is 22.6 Å². The van der Waals surface area contributed by atoms with E-state index in [1.54, 1.807) is 18.3 Å². The van der Waals surface area contributed by atoms with Crippen molar-refractivity contribution in [2.45, 2.75) is 51.0 Å². The summed E-state index contributed by atoms with van der Waals surface area (Å²) in [7, 11) is 0. The number of likely N-dealkylation sites (tertiary alicyclic amines) is 1. The summed E-state index contributed by atoms with van der Waals surface area (Å²) in [5.74, 6) is 0.0419. The minimum absolute atomic E-state index is 0.0380. The Morgan fingerprint density at radius 2 is 1.90 bits per heavy atom. The summed E-state index contributed by atoms with van der Waals surface area (Å²) in [5, 5.41) is 9.52. The molecule has 5 heterocycles. The van der Waals surface area contributed by atoms with Gasteiger partial charge in [0.05, 0.1) is 42.6 Å². The highest BCUT2D eigenvalue weighted by Gasteiger charge is 2.27. The molecule has 206 valence electrons. The van der Waals surface area contributed by atoms with Crippen LogP contribution in [0.3, 0.4) is 0 Å². The van der Waals surface area contributed by atoms with Gasteiger partial charge < -0.3 is 14.0 Å². The van der Waals surface area contributed by atoms with Crippen molar-refractivity contribution in [3.05, 3.63) is 76.2 Å². The van der Waals surface area contributed by atoms with Crippen LogP contribution in [-0.2, 0) is 24.4 Å². The van der Waals surface area contributed by atoms with Crippen molar-refractivity contribution in [1.29, 1.82) is 5.26 Å². The number of nitriles is 1. The number of hydrogen-bond donors (Lipinski definition) is 0. The van der Waals surface area contributed by atoms with Crippen LogP contribution in [0.1, 0.15) is 48.1 Å². The Morgan fingerprint density at radius 3 is 2.62 bits per heavy atom. The highest BCUT2D eigenvalue weighted by molar-refractivity contribution is 6.30. The van der Waals surface area contributed by atoms with E-state index in [0.29, 0.717) is 24.6 Å². The van der Waals surface area contributed by atoms with E-state index in [1.807, 2.05) is 0 Å². The van der Waals surface area contributed by atoms with Crippen LogP contribution in [0.2, 0.25) is 5.02 Å². The zero-order valence-electron chi connectivity index (χ0n) is 21.6. The van der Waals surface area contributed by atoms with Crippen LogP contribution in [0.4, 0.5) is 8.78 Å². The third-order valence-electron chi connectivity index (χ3n) is 7.44. The van der Waals surface area contributed by atoms with Crippen LogP contribution >= 0.6 is 11.6 Å². The van der Waals surface area contributed by atoms with Gasteiger partial charge in [-0.15, -0.1) is 0 Å². The second kappa shape index (κ2) is 11.4. The molecule has 0 saturated carbocycles. The predicted octanol–water partition coefficient (Wildman–Crippen LogP) is 4.77. The molecule has 3 aromatic heterocycles. The summed E-state index contributed by atoms with van der Waals surface area (Å²) in [6.45, 7) is 3.49. The SMILES string of the molecule is N#Cc1cc2nc(CN3CCC(c4ncc(F)c(OCc5ccc(Cl)cc5F)n4)CC3)n(CC3CCO3)c2cn1. The first-order valence-electron chi connectivity index (χ1n) is 13.1. The molecule has 0 bridgehead atoms. The predicted molar refractivity (Wildman–Crippen MR) is 142 cm³/mol. The molecule has 0 amide bonds. The zero-order valence-corrected chi connectivity index (χ0v) is 22.3. The van der Waals surface area contributed by atoms with E-state index in [0.717, 1.165) is 62.0 Å². The van der Waals surface area contributed by atoms with Gasteiger partial charge in [0.1, 0.15) is 35.8 Å². The molecule has 2 saturated heterocycles. The minimum Gasteiger partial charge on any atom is -0.471 e. The number of halogens is 3. The molecular formula is C28H26ClF2N7O2. The smallest absolute Gasteiger partial charge is 0.254 e. The summed E-state index contributed by atoms with van der Waals surface area (Å²) in [4.78, 5) is 20.0. The van der Waals surface area contributed by atoms with Crippen molar-refractivity contribution < 1.29 is 18.3 Å². The molecule has 6 rings (SSSR count). The molecule has 1 unspecified atom stereocenters. The van der Waals surface area contributed by atoms with Gasteiger partial charge in [0.25, 0.3) is 5.88 Å². The Hall–Kier alpha value is -3.72. The van der Waals surface area contributed by atoms with E-state index in [2.05, 4.69) is 30.5 Å². The number of hydrogen-bond acceptors (Lipinski definition) is 8. The molecular weight excluding hydrogens is 540 g/mol. The van der Waals surface area contributed by atoms with Crippen LogP contribution < -0.4 is 4.74 Å². The fourth-order valence-electron chi connectivity index (χ4n) is 5.09. The van der Waals surface area contributed by atoms with E-state index in [9.17, 15) is 14.0 Å². The molecule has 12 heteroatoms. The molecule has 9 nitrogen and oxygen atoms in total. The Kier molecular flexibility index (Phi) is 7.56. The molecule has 2 aliphatic rings. The quantitative estimate of drug-likeness (QED) is 0.301. The molecule has 0 N–H and O–H groups in total. The fourth-order valence-corrected chi connectivity index (χ4v) is 5.25. The largest absolute Gasteiger partial charge is 0.471 e. The molecule has 1 atom stereocenters. The minimum atomic E-state index is -0.695. The van der Waals surface area contributed by atoms with E-state index in [1.165, 1.54) is 12.1 Å². The summed E-state index contributed by atoms with van der Waals surface area (Å²) in [6.07, 6.45) is 5.54. The Labute approximate surface area is 234 Å². The molecule has 0 radical (unpaired) electrons. The van der Waals surface area contributed by atoms with Crippen LogP contribution in [-0.4, -0.2) is 55.2 Å². The third-order valence-corrected chi connectivity index (χ3v) is 7.67. The van der Waals surface area contributed by atoms with Gasteiger partial charge in [0.2, 0.25) is 5.82 Å². The van der Waals surface area contributed by atoms with Crippen molar-refractivity contribution in [1.82, 2.24) is 29.4 Å². The number of benzene rings is 1.